The second kappa shape index (κ2) is 10.8. The minimum Gasteiger partial charge on any atom is -0.743 e. The Labute approximate surface area is 196 Å². The molecule has 0 aliphatic heterocycles. The first kappa shape index (κ1) is 27.7. The summed E-state index contributed by atoms with van der Waals surface area (Å²) in [5, 5.41) is -6.31. The molecule has 3 rings (SSSR count). The highest BCUT2D eigenvalue weighted by atomic mass is 32.2. The van der Waals surface area contributed by atoms with E-state index in [2.05, 4.69) is 92.7 Å². The summed E-state index contributed by atoms with van der Waals surface area (Å²) in [7, 11) is -6.86. The topological polar surface area (TPSA) is 57.2 Å². The molecule has 11 heteroatoms. The van der Waals surface area contributed by atoms with E-state index in [1.807, 2.05) is 0 Å². The van der Waals surface area contributed by atoms with Gasteiger partial charge in [-0.25, -0.2) is 17.2 Å². The second-order valence-electron chi connectivity index (χ2n) is 7.04. The van der Waals surface area contributed by atoms with Gasteiger partial charge in [-0.3, -0.25) is 0 Å². The van der Waals surface area contributed by atoms with E-state index in [-0.39, 0.29) is 10.9 Å². The van der Waals surface area contributed by atoms with Crippen molar-refractivity contribution in [2.24, 2.45) is 0 Å². The van der Waals surface area contributed by atoms with Crippen molar-refractivity contribution in [3.8, 4) is 0 Å². The van der Waals surface area contributed by atoms with Crippen molar-refractivity contribution in [1.82, 2.24) is 0 Å². The molecular weight excluding hydrogens is 502 g/mol. The van der Waals surface area contributed by atoms with Crippen molar-refractivity contribution in [3.63, 3.8) is 0 Å². The lowest BCUT2D eigenvalue weighted by molar-refractivity contribution is -0.227. The first-order valence-corrected chi connectivity index (χ1v) is 12.2. The van der Waals surface area contributed by atoms with Crippen LogP contribution in [0.2, 0.25) is 0 Å². The van der Waals surface area contributed by atoms with Gasteiger partial charge in [-0.2, -0.15) is 17.6 Å². The zero-order valence-electron chi connectivity index (χ0n) is 17.9. The Morgan fingerprint density at radius 3 is 1.44 bits per heavy atom. The number of hydrogen-bond donors (Lipinski definition) is 0. The van der Waals surface area contributed by atoms with Crippen molar-refractivity contribution < 1.29 is 39.3 Å². The lowest BCUT2D eigenvalue weighted by atomic mass is 10.2. The smallest absolute Gasteiger partial charge is 0.402 e. The standard InChI is InChI=1S/C20H19S.C3H2F6O3S/c1-16-10-6-8-14-19(16)21(18-12-4-3-5-13-18)20-15-9-7-11-17(20)2;4-1(5)2(6,7)3(8,9)13(10,11)12/h3-15H,1-2H3;1H,(H,10,11,12)/q+1;/p-1. The van der Waals surface area contributed by atoms with Crippen LogP contribution in [0.3, 0.4) is 0 Å². The van der Waals surface area contributed by atoms with Crippen LogP contribution in [-0.2, 0) is 21.0 Å². The third kappa shape index (κ3) is 5.94. The van der Waals surface area contributed by atoms with E-state index in [1.54, 1.807) is 0 Å². The largest absolute Gasteiger partial charge is 0.743 e. The van der Waals surface area contributed by atoms with Crippen molar-refractivity contribution >= 4 is 21.0 Å². The van der Waals surface area contributed by atoms with E-state index in [0.717, 1.165) is 0 Å². The third-order valence-corrected chi connectivity index (χ3v) is 8.02. The van der Waals surface area contributed by atoms with Crippen LogP contribution in [0.15, 0.2) is 93.5 Å². The molecule has 0 aliphatic carbocycles. The fraction of sp³-hybridized carbons (Fsp3) is 0.217. The van der Waals surface area contributed by atoms with Gasteiger partial charge in [0.2, 0.25) is 0 Å². The predicted molar refractivity (Wildman–Crippen MR) is 117 cm³/mol. The normalized spacial score (nSPS) is 12.4. The Morgan fingerprint density at radius 2 is 1.12 bits per heavy atom. The molecule has 0 bridgehead atoms. The van der Waals surface area contributed by atoms with Gasteiger partial charge in [0.05, 0.1) is 10.9 Å². The number of aryl methyl sites for hydroxylation is 2. The summed E-state index contributed by atoms with van der Waals surface area (Å²) in [6, 6.07) is 28.3. The lowest BCUT2D eigenvalue weighted by Crippen LogP contribution is -2.51. The van der Waals surface area contributed by atoms with Gasteiger partial charge in [-0.1, -0.05) is 54.6 Å². The van der Waals surface area contributed by atoms with Crippen molar-refractivity contribution in [2.45, 2.75) is 46.1 Å². The van der Waals surface area contributed by atoms with E-state index in [4.69, 9.17) is 0 Å². The van der Waals surface area contributed by atoms with E-state index in [9.17, 15) is 39.3 Å². The molecule has 0 radical (unpaired) electrons. The molecule has 3 nitrogen and oxygen atoms in total. The molecule has 0 saturated heterocycles. The quantitative estimate of drug-likeness (QED) is 0.213. The molecule has 0 N–H and O–H groups in total. The van der Waals surface area contributed by atoms with Crippen LogP contribution in [-0.4, -0.2) is 30.6 Å². The number of halogens is 6. The highest BCUT2D eigenvalue weighted by molar-refractivity contribution is 7.97. The average molecular weight is 523 g/mol. The van der Waals surface area contributed by atoms with Gasteiger partial charge in [-0.15, -0.1) is 0 Å². The van der Waals surface area contributed by atoms with Crippen LogP contribution in [0.5, 0.6) is 0 Å². The molecule has 0 heterocycles. The Hall–Kier alpha value is -2.50. The summed E-state index contributed by atoms with van der Waals surface area (Å²) in [6.45, 7) is 4.41. The number of hydrogen-bond acceptors (Lipinski definition) is 3. The van der Waals surface area contributed by atoms with Gasteiger partial charge in [0.1, 0.15) is 0 Å². The average Bonchev–Trinajstić information content (AvgIpc) is 2.77. The van der Waals surface area contributed by atoms with E-state index >= 15 is 0 Å². The van der Waals surface area contributed by atoms with Gasteiger partial charge in [0.15, 0.2) is 24.8 Å². The molecule has 3 aromatic rings. The van der Waals surface area contributed by atoms with Crippen molar-refractivity contribution in [3.05, 3.63) is 90.0 Å². The van der Waals surface area contributed by atoms with Gasteiger partial charge in [-0.05, 0) is 38.1 Å². The molecule has 0 aliphatic rings. The van der Waals surface area contributed by atoms with E-state index in [0.29, 0.717) is 0 Å². The molecule has 0 spiro atoms. The Bertz CT molecular complexity index is 1160. The fourth-order valence-electron chi connectivity index (χ4n) is 2.79. The molecule has 0 unspecified atom stereocenters. The molecule has 0 saturated carbocycles. The monoisotopic (exact) mass is 522 g/mol. The summed E-state index contributed by atoms with van der Waals surface area (Å²) in [5.74, 6) is -6.19. The third-order valence-electron chi connectivity index (χ3n) is 4.58. The van der Waals surface area contributed by atoms with Gasteiger partial charge in [0, 0.05) is 11.1 Å². The number of alkyl halides is 6. The van der Waals surface area contributed by atoms with Crippen LogP contribution in [0, 0.1) is 13.8 Å². The fourth-order valence-corrected chi connectivity index (χ4v) is 5.60. The number of rotatable bonds is 6. The molecule has 0 fully saturated rings. The molecule has 184 valence electrons. The van der Waals surface area contributed by atoms with E-state index in [1.165, 1.54) is 25.8 Å². The Kier molecular flexibility index (Phi) is 8.84. The highest BCUT2D eigenvalue weighted by Crippen LogP contribution is 2.42. The van der Waals surface area contributed by atoms with Crippen LogP contribution in [0.25, 0.3) is 0 Å². The SMILES string of the molecule is Cc1ccccc1[S+](c1ccccc1)c1ccccc1C.O=S(=O)([O-])C(F)(F)C(F)(F)C(F)F. The van der Waals surface area contributed by atoms with Crippen LogP contribution < -0.4 is 0 Å². The maximum Gasteiger partial charge on any atom is 0.402 e. The second-order valence-corrected chi connectivity index (χ2v) is 10.4. The first-order valence-electron chi connectivity index (χ1n) is 9.61. The maximum atomic E-state index is 11.8. The van der Waals surface area contributed by atoms with Crippen LogP contribution in [0.4, 0.5) is 26.3 Å². The molecule has 0 amide bonds. The zero-order chi connectivity index (χ0) is 25.7. The lowest BCUT2D eigenvalue weighted by Gasteiger charge is -2.27. The van der Waals surface area contributed by atoms with Crippen LogP contribution in [0.1, 0.15) is 11.1 Å². The summed E-state index contributed by atoms with van der Waals surface area (Å²) in [6.07, 6.45) is -4.94. The number of benzene rings is 3. The highest BCUT2D eigenvalue weighted by Gasteiger charge is 2.67. The first-order chi connectivity index (χ1) is 15.7. The molecule has 3 aromatic carbocycles. The Morgan fingerprint density at radius 1 is 0.735 bits per heavy atom. The maximum absolute atomic E-state index is 11.8. The molecular formula is C23H20F6O3S2. The molecule has 0 aromatic heterocycles. The van der Waals surface area contributed by atoms with Crippen LogP contribution >= 0.6 is 0 Å². The van der Waals surface area contributed by atoms with E-state index < -0.39 is 27.7 Å². The molecule has 34 heavy (non-hydrogen) atoms. The van der Waals surface area contributed by atoms with Gasteiger partial charge >= 0.3 is 17.6 Å². The Balaban J connectivity index is 0.000000273. The minimum absolute atomic E-state index is 0.0378. The summed E-state index contributed by atoms with van der Waals surface area (Å²) in [5.41, 5.74) is 2.71. The summed E-state index contributed by atoms with van der Waals surface area (Å²) >= 11 is 0. The predicted octanol–water partition coefficient (Wildman–Crippen LogP) is 6.42. The minimum atomic E-state index is -6.82. The molecule has 0 atom stereocenters. The van der Waals surface area contributed by atoms with Crippen molar-refractivity contribution in [2.75, 3.05) is 0 Å². The van der Waals surface area contributed by atoms with Gasteiger partial charge < -0.3 is 4.55 Å². The summed E-state index contributed by atoms with van der Waals surface area (Å²) in [4.78, 5) is 4.21. The van der Waals surface area contributed by atoms with Gasteiger partial charge in [0.25, 0.3) is 0 Å². The zero-order valence-corrected chi connectivity index (χ0v) is 19.5. The summed E-state index contributed by atoms with van der Waals surface area (Å²) < 4.78 is 98.0. The van der Waals surface area contributed by atoms with Crippen molar-refractivity contribution in [1.29, 1.82) is 0 Å².